The predicted molar refractivity (Wildman–Crippen MR) is 130 cm³/mol. The van der Waals surface area contributed by atoms with E-state index in [4.69, 9.17) is 4.74 Å². The highest BCUT2D eigenvalue weighted by molar-refractivity contribution is 7.93. The molecule has 0 bridgehead atoms. The molecule has 0 spiro atoms. The van der Waals surface area contributed by atoms with Crippen LogP contribution in [0.15, 0.2) is 83.3 Å². The van der Waals surface area contributed by atoms with Gasteiger partial charge in [0, 0.05) is 17.1 Å². The first-order valence-corrected chi connectivity index (χ1v) is 12.4. The third-order valence-electron chi connectivity index (χ3n) is 5.26. The number of methoxy groups -OCH3 is 1. The molecule has 0 aliphatic carbocycles. The zero-order chi connectivity index (χ0) is 23.7. The maximum absolute atomic E-state index is 13.7. The summed E-state index contributed by atoms with van der Waals surface area (Å²) in [5.74, 6) is 0.288. The van der Waals surface area contributed by atoms with Gasteiger partial charge in [0.05, 0.1) is 17.5 Å². The van der Waals surface area contributed by atoms with Gasteiger partial charge in [0.25, 0.3) is 10.0 Å². The lowest BCUT2D eigenvalue weighted by atomic mass is 9.97. The third-order valence-corrected chi connectivity index (χ3v) is 7.33. The molecule has 0 aliphatic rings. The lowest BCUT2D eigenvalue weighted by molar-refractivity contribution is 0.416. The van der Waals surface area contributed by atoms with Crippen LogP contribution in [0.3, 0.4) is 0 Å². The standard InChI is InChI=1S/C24H17FN4O3S2/c1-32-23-12-16(15-3-2-4-17(25)11-15)5-7-21(23)19-9-10-26-22-13-18(6-8-20(19)22)34(30,31)29-24-28-27-14-33-24/h2-14H,1H3,(H,28,29). The van der Waals surface area contributed by atoms with Gasteiger partial charge in [-0.15, -0.1) is 10.2 Å². The molecule has 5 rings (SSSR count). The summed E-state index contributed by atoms with van der Waals surface area (Å²) in [4.78, 5) is 4.43. The van der Waals surface area contributed by atoms with Crippen molar-refractivity contribution in [2.45, 2.75) is 4.90 Å². The number of anilines is 1. The number of aromatic nitrogens is 3. The van der Waals surface area contributed by atoms with Crippen molar-refractivity contribution in [3.05, 3.63) is 84.3 Å². The maximum Gasteiger partial charge on any atom is 0.263 e. The summed E-state index contributed by atoms with van der Waals surface area (Å²) >= 11 is 1.09. The summed E-state index contributed by atoms with van der Waals surface area (Å²) in [5, 5.41) is 8.31. The Hall–Kier alpha value is -3.89. The average molecular weight is 493 g/mol. The van der Waals surface area contributed by atoms with Crippen LogP contribution in [0.5, 0.6) is 5.75 Å². The Bertz CT molecular complexity index is 1610. The van der Waals surface area contributed by atoms with Crippen molar-refractivity contribution in [3.8, 4) is 28.0 Å². The minimum absolute atomic E-state index is 0.0632. The molecule has 2 heterocycles. The van der Waals surface area contributed by atoms with Gasteiger partial charge in [-0.1, -0.05) is 41.7 Å². The SMILES string of the molecule is COc1cc(-c2cccc(F)c2)ccc1-c1ccnc2cc(S(=O)(=O)Nc3nncs3)ccc12. The Balaban J connectivity index is 1.56. The van der Waals surface area contributed by atoms with Gasteiger partial charge in [0.2, 0.25) is 5.13 Å². The zero-order valence-corrected chi connectivity index (χ0v) is 19.4. The number of pyridine rings is 1. The molecule has 0 saturated heterocycles. The van der Waals surface area contributed by atoms with E-state index < -0.39 is 10.0 Å². The van der Waals surface area contributed by atoms with Crippen molar-refractivity contribution in [2.75, 3.05) is 11.8 Å². The summed E-state index contributed by atoms with van der Waals surface area (Å²) in [7, 11) is -2.27. The van der Waals surface area contributed by atoms with E-state index in [1.165, 1.54) is 29.8 Å². The molecule has 3 aromatic carbocycles. The van der Waals surface area contributed by atoms with Crippen molar-refractivity contribution in [3.63, 3.8) is 0 Å². The second kappa shape index (κ2) is 8.81. The highest BCUT2D eigenvalue weighted by atomic mass is 32.2. The number of hydrogen-bond acceptors (Lipinski definition) is 7. The minimum atomic E-state index is -3.84. The van der Waals surface area contributed by atoms with Crippen molar-refractivity contribution >= 4 is 37.4 Å². The smallest absolute Gasteiger partial charge is 0.263 e. The highest BCUT2D eigenvalue weighted by Gasteiger charge is 2.18. The molecule has 0 aliphatic heterocycles. The second-order valence-corrected chi connectivity index (χ2v) is 9.83. The number of nitrogens with one attached hydrogen (secondary N) is 1. The fourth-order valence-corrected chi connectivity index (χ4v) is 5.40. The predicted octanol–water partition coefficient (Wildman–Crippen LogP) is 5.37. The lowest BCUT2D eigenvalue weighted by Gasteiger charge is -2.14. The lowest BCUT2D eigenvalue weighted by Crippen LogP contribution is -2.12. The maximum atomic E-state index is 13.7. The Kier molecular flexibility index (Phi) is 5.68. The van der Waals surface area contributed by atoms with E-state index in [2.05, 4.69) is 19.9 Å². The molecule has 34 heavy (non-hydrogen) atoms. The molecular weight excluding hydrogens is 475 g/mol. The van der Waals surface area contributed by atoms with Crippen LogP contribution in [0.25, 0.3) is 33.2 Å². The van der Waals surface area contributed by atoms with Crippen LogP contribution in [0, 0.1) is 5.82 Å². The Labute approximate surface area is 199 Å². The van der Waals surface area contributed by atoms with Gasteiger partial charge >= 0.3 is 0 Å². The number of nitrogens with zero attached hydrogens (tertiary/aromatic N) is 3. The van der Waals surface area contributed by atoms with E-state index in [-0.39, 0.29) is 15.8 Å². The number of benzene rings is 3. The van der Waals surface area contributed by atoms with Crippen molar-refractivity contribution in [1.29, 1.82) is 0 Å². The van der Waals surface area contributed by atoms with E-state index in [1.807, 2.05) is 30.3 Å². The minimum Gasteiger partial charge on any atom is -0.496 e. The normalized spacial score (nSPS) is 11.5. The summed E-state index contributed by atoms with van der Waals surface area (Å²) in [6.45, 7) is 0. The van der Waals surface area contributed by atoms with Crippen molar-refractivity contribution in [1.82, 2.24) is 15.2 Å². The summed E-state index contributed by atoms with van der Waals surface area (Å²) in [6.07, 6.45) is 1.62. The van der Waals surface area contributed by atoms with Crippen LogP contribution in [0.2, 0.25) is 0 Å². The molecule has 10 heteroatoms. The molecule has 0 unspecified atom stereocenters. The summed E-state index contributed by atoms with van der Waals surface area (Å²) in [5.41, 5.74) is 5.14. The van der Waals surface area contributed by atoms with E-state index in [9.17, 15) is 12.8 Å². The number of halogens is 1. The van der Waals surface area contributed by atoms with Gasteiger partial charge in [-0.3, -0.25) is 9.71 Å². The molecule has 170 valence electrons. The van der Waals surface area contributed by atoms with Gasteiger partial charge in [-0.25, -0.2) is 12.8 Å². The van der Waals surface area contributed by atoms with Crippen LogP contribution < -0.4 is 9.46 Å². The highest BCUT2D eigenvalue weighted by Crippen LogP contribution is 2.37. The molecule has 0 radical (unpaired) electrons. The fourth-order valence-electron chi connectivity index (χ4n) is 3.68. The Morgan fingerprint density at radius 1 is 0.971 bits per heavy atom. The molecule has 0 fully saturated rings. The van der Waals surface area contributed by atoms with Crippen LogP contribution in [-0.2, 0) is 10.0 Å². The number of fused-ring (bicyclic) bond motifs is 1. The quantitative estimate of drug-likeness (QED) is 0.343. The first-order chi connectivity index (χ1) is 16.4. The topological polar surface area (TPSA) is 94.1 Å². The second-order valence-electron chi connectivity index (χ2n) is 7.31. The number of rotatable bonds is 6. The third kappa shape index (κ3) is 4.20. The monoisotopic (exact) mass is 492 g/mol. The molecule has 0 amide bonds. The van der Waals surface area contributed by atoms with E-state index in [0.717, 1.165) is 39.0 Å². The van der Waals surface area contributed by atoms with Crippen LogP contribution in [-0.4, -0.2) is 30.7 Å². The van der Waals surface area contributed by atoms with Gasteiger partial charge in [-0.2, -0.15) is 0 Å². The first-order valence-electron chi connectivity index (χ1n) is 10.1. The van der Waals surface area contributed by atoms with Gasteiger partial charge < -0.3 is 4.74 Å². The molecule has 2 aromatic heterocycles. The molecular formula is C24H17FN4O3S2. The van der Waals surface area contributed by atoms with E-state index in [0.29, 0.717) is 11.3 Å². The molecule has 5 aromatic rings. The van der Waals surface area contributed by atoms with Gasteiger partial charge in [-0.05, 0) is 53.1 Å². The average Bonchev–Trinajstić information content (AvgIpc) is 3.35. The van der Waals surface area contributed by atoms with Gasteiger partial charge in [0.1, 0.15) is 17.1 Å². The first kappa shape index (κ1) is 21.9. The van der Waals surface area contributed by atoms with Crippen LogP contribution >= 0.6 is 11.3 Å². The zero-order valence-electron chi connectivity index (χ0n) is 17.8. The largest absolute Gasteiger partial charge is 0.496 e. The van der Waals surface area contributed by atoms with E-state index in [1.54, 1.807) is 25.4 Å². The molecule has 1 N–H and O–H groups in total. The summed E-state index contributed by atoms with van der Waals surface area (Å²) < 4.78 is 47.2. The Morgan fingerprint density at radius 2 is 1.82 bits per heavy atom. The van der Waals surface area contributed by atoms with Crippen LogP contribution in [0.4, 0.5) is 9.52 Å². The van der Waals surface area contributed by atoms with Crippen molar-refractivity contribution < 1.29 is 17.5 Å². The van der Waals surface area contributed by atoms with Crippen LogP contribution in [0.1, 0.15) is 0 Å². The number of ether oxygens (including phenoxy) is 1. The van der Waals surface area contributed by atoms with E-state index >= 15 is 0 Å². The van der Waals surface area contributed by atoms with Crippen molar-refractivity contribution in [2.24, 2.45) is 0 Å². The Morgan fingerprint density at radius 3 is 2.59 bits per heavy atom. The number of sulfonamides is 1. The molecule has 0 saturated carbocycles. The van der Waals surface area contributed by atoms with Gasteiger partial charge in [0.15, 0.2) is 0 Å². The fraction of sp³-hybridized carbons (Fsp3) is 0.0417. The summed E-state index contributed by atoms with van der Waals surface area (Å²) in [6, 6.07) is 18.6. The number of hydrogen-bond donors (Lipinski definition) is 1. The molecule has 7 nitrogen and oxygen atoms in total. The molecule has 0 atom stereocenters.